The molecule has 1 amide bonds. The van der Waals surface area contributed by atoms with E-state index in [9.17, 15) is 4.79 Å². The fourth-order valence-corrected chi connectivity index (χ4v) is 2.92. The van der Waals surface area contributed by atoms with Crippen molar-refractivity contribution in [2.75, 3.05) is 19.0 Å². The molecule has 0 atom stereocenters. The van der Waals surface area contributed by atoms with Crippen molar-refractivity contribution in [1.82, 2.24) is 4.98 Å². The average molecular weight is 390 g/mol. The van der Waals surface area contributed by atoms with Gasteiger partial charge in [0.15, 0.2) is 0 Å². The van der Waals surface area contributed by atoms with Crippen LogP contribution in [0.25, 0.3) is 0 Å². The van der Waals surface area contributed by atoms with Gasteiger partial charge in [-0.2, -0.15) is 0 Å². The minimum Gasteiger partial charge on any atom is -0.457 e. The van der Waals surface area contributed by atoms with Gasteiger partial charge in [-0.1, -0.05) is 18.2 Å². The van der Waals surface area contributed by atoms with Crippen molar-refractivity contribution in [2.45, 2.75) is 26.2 Å². The van der Waals surface area contributed by atoms with Gasteiger partial charge >= 0.3 is 0 Å². The topological polar surface area (TPSA) is 60.5 Å². The Kier molecular flexibility index (Phi) is 7.36. The first-order valence-corrected chi connectivity index (χ1v) is 9.68. The van der Waals surface area contributed by atoms with E-state index < -0.39 is 0 Å². The largest absolute Gasteiger partial charge is 0.457 e. The van der Waals surface area contributed by atoms with E-state index in [1.807, 2.05) is 61.7 Å². The van der Waals surface area contributed by atoms with Gasteiger partial charge in [-0.25, -0.2) is 0 Å². The lowest BCUT2D eigenvalue weighted by molar-refractivity contribution is -0.116. The van der Waals surface area contributed by atoms with Crippen LogP contribution < -0.4 is 10.1 Å². The zero-order chi connectivity index (χ0) is 20.5. The van der Waals surface area contributed by atoms with Gasteiger partial charge in [0.05, 0.1) is 6.61 Å². The molecule has 3 rings (SSSR count). The Balaban J connectivity index is 1.48. The maximum atomic E-state index is 12.2. The number of benzene rings is 2. The van der Waals surface area contributed by atoms with Crippen molar-refractivity contribution < 1.29 is 14.3 Å². The van der Waals surface area contributed by atoms with Gasteiger partial charge in [0.25, 0.3) is 0 Å². The van der Waals surface area contributed by atoms with Gasteiger partial charge < -0.3 is 14.8 Å². The number of carbonyl (C=O) groups is 1. The van der Waals surface area contributed by atoms with E-state index in [-0.39, 0.29) is 5.91 Å². The van der Waals surface area contributed by atoms with E-state index in [0.717, 1.165) is 34.7 Å². The minimum absolute atomic E-state index is 0.0215. The number of ether oxygens (including phenoxy) is 2. The molecule has 0 spiro atoms. The number of rotatable bonds is 9. The third-order valence-corrected chi connectivity index (χ3v) is 4.46. The monoisotopic (exact) mass is 390 g/mol. The second-order valence-corrected chi connectivity index (χ2v) is 6.93. The van der Waals surface area contributed by atoms with Gasteiger partial charge in [0, 0.05) is 31.6 Å². The fourth-order valence-electron chi connectivity index (χ4n) is 2.92. The number of pyridine rings is 1. The lowest BCUT2D eigenvalue weighted by atomic mass is 10.1. The number of carbonyl (C=O) groups excluding carboxylic acids is 1. The van der Waals surface area contributed by atoms with Gasteiger partial charge in [-0.3, -0.25) is 9.78 Å². The van der Waals surface area contributed by atoms with Crippen LogP contribution in [0.3, 0.4) is 0 Å². The Morgan fingerprint density at radius 2 is 1.62 bits per heavy atom. The molecule has 0 radical (unpaired) electrons. The first-order chi connectivity index (χ1) is 14.1. The smallest absolute Gasteiger partial charge is 0.224 e. The number of nitrogens with one attached hydrogen (secondary N) is 1. The van der Waals surface area contributed by atoms with Crippen LogP contribution in [-0.2, 0) is 22.4 Å². The third-order valence-electron chi connectivity index (χ3n) is 4.46. The lowest BCUT2D eigenvalue weighted by Gasteiger charge is -2.09. The Morgan fingerprint density at radius 1 is 0.931 bits per heavy atom. The van der Waals surface area contributed by atoms with E-state index in [1.165, 1.54) is 5.56 Å². The SMILES string of the molecule is COCCc1ccc(Oc2ccc(NC(=O)CCc3cncc(C)c3)cc2)cc1. The molecule has 5 nitrogen and oxygen atoms in total. The zero-order valence-electron chi connectivity index (χ0n) is 16.9. The van der Waals surface area contributed by atoms with Crippen molar-refractivity contribution in [1.29, 1.82) is 0 Å². The second-order valence-electron chi connectivity index (χ2n) is 6.93. The van der Waals surface area contributed by atoms with E-state index in [0.29, 0.717) is 19.4 Å². The molecule has 1 N–H and O–H groups in total. The molecule has 0 fully saturated rings. The van der Waals surface area contributed by atoms with E-state index >= 15 is 0 Å². The molecular weight excluding hydrogens is 364 g/mol. The first-order valence-electron chi connectivity index (χ1n) is 9.68. The average Bonchev–Trinajstić information content (AvgIpc) is 2.73. The molecule has 5 heteroatoms. The summed E-state index contributed by atoms with van der Waals surface area (Å²) in [4.78, 5) is 16.3. The first kappa shape index (κ1) is 20.6. The standard InChI is InChI=1S/C24H26N2O3/c1-18-15-20(17-25-16-18)5-12-24(27)26-21-6-10-23(11-7-21)29-22-8-3-19(4-9-22)13-14-28-2/h3-4,6-11,15-17H,5,12-14H2,1-2H3,(H,26,27). The molecule has 1 aromatic heterocycles. The fraction of sp³-hybridized carbons (Fsp3) is 0.250. The minimum atomic E-state index is -0.0215. The van der Waals surface area contributed by atoms with Crippen LogP contribution in [0.4, 0.5) is 5.69 Å². The van der Waals surface area contributed by atoms with Crippen molar-refractivity contribution >= 4 is 11.6 Å². The highest BCUT2D eigenvalue weighted by atomic mass is 16.5. The molecule has 2 aromatic carbocycles. The van der Waals surface area contributed by atoms with Gasteiger partial charge in [0.1, 0.15) is 11.5 Å². The lowest BCUT2D eigenvalue weighted by Crippen LogP contribution is -2.12. The van der Waals surface area contributed by atoms with Crippen LogP contribution >= 0.6 is 0 Å². The van der Waals surface area contributed by atoms with Gasteiger partial charge in [0.2, 0.25) is 5.91 Å². The molecule has 0 saturated carbocycles. The molecule has 3 aromatic rings. The number of hydrogen-bond donors (Lipinski definition) is 1. The summed E-state index contributed by atoms with van der Waals surface area (Å²) < 4.78 is 11.0. The Hall–Kier alpha value is -3.18. The van der Waals surface area contributed by atoms with E-state index in [2.05, 4.69) is 16.4 Å². The number of methoxy groups -OCH3 is 1. The third kappa shape index (κ3) is 6.73. The normalized spacial score (nSPS) is 10.6. The summed E-state index contributed by atoms with van der Waals surface area (Å²) in [6, 6.07) is 17.4. The summed E-state index contributed by atoms with van der Waals surface area (Å²) in [5, 5.41) is 2.92. The van der Waals surface area contributed by atoms with Crippen molar-refractivity contribution in [3.05, 3.63) is 83.7 Å². The van der Waals surface area contributed by atoms with Crippen LogP contribution in [0.5, 0.6) is 11.5 Å². The highest BCUT2D eigenvalue weighted by Gasteiger charge is 2.05. The van der Waals surface area contributed by atoms with Crippen LogP contribution in [-0.4, -0.2) is 24.6 Å². The Morgan fingerprint density at radius 3 is 2.28 bits per heavy atom. The van der Waals surface area contributed by atoms with E-state index in [1.54, 1.807) is 13.3 Å². The molecule has 0 aliphatic rings. The van der Waals surface area contributed by atoms with E-state index in [4.69, 9.17) is 9.47 Å². The second kappa shape index (κ2) is 10.4. The summed E-state index contributed by atoms with van der Waals surface area (Å²) in [5.74, 6) is 1.47. The highest BCUT2D eigenvalue weighted by Crippen LogP contribution is 2.23. The molecule has 150 valence electrons. The predicted octanol–water partition coefficient (Wildman–Crippen LogP) is 4.94. The van der Waals surface area contributed by atoms with Crippen molar-refractivity contribution in [3.63, 3.8) is 0 Å². The van der Waals surface area contributed by atoms with Crippen LogP contribution in [0, 0.1) is 6.92 Å². The molecule has 0 saturated heterocycles. The summed E-state index contributed by atoms with van der Waals surface area (Å²) >= 11 is 0. The maximum absolute atomic E-state index is 12.2. The summed E-state index contributed by atoms with van der Waals surface area (Å²) in [6.45, 7) is 2.70. The van der Waals surface area contributed by atoms with Crippen LogP contribution in [0.15, 0.2) is 67.0 Å². The van der Waals surface area contributed by atoms with Gasteiger partial charge in [-0.05, 0) is 72.9 Å². The Bertz CT molecular complexity index is 922. The summed E-state index contributed by atoms with van der Waals surface area (Å²) in [6.07, 6.45) is 5.58. The number of nitrogens with zero attached hydrogens (tertiary/aromatic N) is 1. The predicted molar refractivity (Wildman–Crippen MR) is 114 cm³/mol. The molecule has 0 bridgehead atoms. The number of hydrogen-bond acceptors (Lipinski definition) is 4. The van der Waals surface area contributed by atoms with Crippen LogP contribution in [0.2, 0.25) is 0 Å². The Labute approximate surface area is 171 Å². The maximum Gasteiger partial charge on any atom is 0.224 e. The number of aryl methyl sites for hydroxylation is 2. The summed E-state index contributed by atoms with van der Waals surface area (Å²) in [7, 11) is 1.70. The van der Waals surface area contributed by atoms with Crippen LogP contribution in [0.1, 0.15) is 23.1 Å². The molecule has 0 aliphatic carbocycles. The number of anilines is 1. The molecular formula is C24H26N2O3. The number of amides is 1. The molecule has 1 heterocycles. The quantitative estimate of drug-likeness (QED) is 0.562. The van der Waals surface area contributed by atoms with Gasteiger partial charge in [-0.15, -0.1) is 0 Å². The molecule has 29 heavy (non-hydrogen) atoms. The summed E-state index contributed by atoms with van der Waals surface area (Å²) in [5.41, 5.74) is 4.12. The van der Waals surface area contributed by atoms with Crippen molar-refractivity contribution in [2.24, 2.45) is 0 Å². The number of aromatic nitrogens is 1. The van der Waals surface area contributed by atoms with Crippen molar-refractivity contribution in [3.8, 4) is 11.5 Å². The highest BCUT2D eigenvalue weighted by molar-refractivity contribution is 5.90. The molecule has 0 unspecified atom stereocenters. The zero-order valence-corrected chi connectivity index (χ0v) is 16.9. The molecule has 0 aliphatic heterocycles.